The molecule has 116 valence electrons. The van der Waals surface area contributed by atoms with Gasteiger partial charge in [-0.2, -0.15) is 0 Å². The second-order valence-corrected chi connectivity index (χ2v) is 8.14. The number of rotatable bonds is 2. The van der Waals surface area contributed by atoms with E-state index in [1.54, 1.807) is 24.3 Å². The Balaban J connectivity index is 1.83. The molecule has 0 unspecified atom stereocenters. The fourth-order valence-corrected chi connectivity index (χ4v) is 4.98. The van der Waals surface area contributed by atoms with Crippen LogP contribution in [0.4, 0.5) is 0 Å². The van der Waals surface area contributed by atoms with Gasteiger partial charge >= 0.3 is 147 Å². The van der Waals surface area contributed by atoms with Gasteiger partial charge < -0.3 is 0 Å². The second-order valence-electron chi connectivity index (χ2n) is 5.80. The van der Waals surface area contributed by atoms with Crippen LogP contribution in [0.2, 0.25) is 0 Å². The number of aryl methyl sites for hydroxylation is 1. The fourth-order valence-electron chi connectivity index (χ4n) is 2.93. The molecule has 0 N–H and O–H groups in total. The zero-order valence-electron chi connectivity index (χ0n) is 13.1. The molecular weight excluding hydrogens is 363 g/mol. The van der Waals surface area contributed by atoms with Crippen molar-refractivity contribution in [3.05, 3.63) is 94.5 Å². The molecule has 0 radical (unpaired) electrons. The van der Waals surface area contributed by atoms with Crippen LogP contribution in [-0.4, -0.2) is 26.5 Å². The fraction of sp³-hybridized carbons (Fsp3) is 0.0476. The number of hydrogen-bond donors (Lipinski definition) is 0. The van der Waals surface area contributed by atoms with Crippen molar-refractivity contribution in [3.63, 3.8) is 0 Å². The van der Waals surface area contributed by atoms with E-state index in [0.29, 0.717) is 22.3 Å². The molecule has 24 heavy (non-hydrogen) atoms. The van der Waals surface area contributed by atoms with Crippen LogP contribution in [0.1, 0.15) is 37.4 Å². The van der Waals surface area contributed by atoms with Crippen molar-refractivity contribution in [2.75, 3.05) is 0 Å². The molecule has 0 saturated heterocycles. The van der Waals surface area contributed by atoms with Crippen LogP contribution in [0.25, 0.3) is 0 Å². The van der Waals surface area contributed by atoms with Gasteiger partial charge in [0.05, 0.1) is 0 Å². The Hall–Kier alpha value is -2.48. The van der Waals surface area contributed by atoms with Crippen molar-refractivity contribution in [2.24, 2.45) is 0 Å². The molecule has 3 aromatic rings. The average Bonchev–Trinajstić information content (AvgIpc) is 2.61. The summed E-state index contributed by atoms with van der Waals surface area (Å²) in [4.78, 5) is 25.7. The summed E-state index contributed by atoms with van der Waals surface area (Å²) in [6, 6.07) is 21.0. The van der Waals surface area contributed by atoms with Gasteiger partial charge in [0.1, 0.15) is 0 Å². The third kappa shape index (κ3) is 2.43. The summed E-state index contributed by atoms with van der Waals surface area (Å²) in [5.74, 6) is -0.0912. The van der Waals surface area contributed by atoms with Crippen molar-refractivity contribution < 1.29 is 9.59 Å². The first kappa shape index (κ1) is 15.1. The molecule has 3 aromatic carbocycles. The van der Waals surface area contributed by atoms with Crippen LogP contribution >= 0.6 is 0 Å². The molecule has 0 aliphatic heterocycles. The monoisotopic (exact) mass is 378 g/mol. The molecule has 0 amide bonds. The Bertz CT molecular complexity index is 971. The summed E-state index contributed by atoms with van der Waals surface area (Å²) in [6.45, 7) is 2.06. The van der Waals surface area contributed by atoms with Gasteiger partial charge in [0.15, 0.2) is 0 Å². The van der Waals surface area contributed by atoms with E-state index in [2.05, 4.69) is 31.2 Å². The van der Waals surface area contributed by atoms with E-state index in [1.807, 2.05) is 18.2 Å². The van der Waals surface area contributed by atoms with E-state index < -0.39 is 0 Å². The van der Waals surface area contributed by atoms with Gasteiger partial charge in [-0.15, -0.1) is 0 Å². The zero-order valence-corrected chi connectivity index (χ0v) is 14.8. The number of carbonyl (C=O) groups excluding carboxylic acids is 2. The number of ketones is 2. The third-order valence-corrected chi connectivity index (χ3v) is 6.40. The number of hydrogen-bond acceptors (Lipinski definition) is 2. The maximum absolute atomic E-state index is 13.0. The van der Waals surface area contributed by atoms with Gasteiger partial charge in [-0.3, -0.25) is 0 Å². The molecule has 0 bridgehead atoms. The van der Waals surface area contributed by atoms with Crippen LogP contribution in [0.5, 0.6) is 0 Å². The molecular formula is C21H14O2Se. The molecule has 1 aliphatic rings. The molecule has 3 heteroatoms. The Kier molecular flexibility index (Phi) is 3.68. The summed E-state index contributed by atoms with van der Waals surface area (Å²) in [5.41, 5.74) is 3.36. The predicted molar refractivity (Wildman–Crippen MR) is 96.0 cm³/mol. The van der Waals surface area contributed by atoms with Crippen molar-refractivity contribution >= 4 is 35.4 Å². The molecule has 0 fully saturated rings. The van der Waals surface area contributed by atoms with Gasteiger partial charge in [-0.1, -0.05) is 0 Å². The first-order chi connectivity index (χ1) is 11.6. The predicted octanol–water partition coefficient (Wildman–Crippen LogP) is 2.43. The van der Waals surface area contributed by atoms with Crippen molar-refractivity contribution in [3.8, 4) is 0 Å². The maximum atomic E-state index is 13.0. The topological polar surface area (TPSA) is 34.1 Å². The average molecular weight is 377 g/mol. The van der Waals surface area contributed by atoms with Gasteiger partial charge in [-0.05, 0) is 0 Å². The molecule has 1 aliphatic carbocycles. The van der Waals surface area contributed by atoms with Gasteiger partial charge in [-0.25, -0.2) is 0 Å². The Labute approximate surface area is 146 Å². The van der Waals surface area contributed by atoms with E-state index in [1.165, 1.54) is 10.0 Å². The van der Waals surface area contributed by atoms with Crippen molar-refractivity contribution in [2.45, 2.75) is 6.92 Å². The second kappa shape index (κ2) is 5.86. The minimum absolute atomic E-state index is 0.0126. The van der Waals surface area contributed by atoms with Crippen LogP contribution in [0, 0.1) is 6.92 Å². The Morgan fingerprint density at radius 3 is 2.00 bits per heavy atom. The molecule has 4 rings (SSSR count). The van der Waals surface area contributed by atoms with Gasteiger partial charge in [0.25, 0.3) is 0 Å². The zero-order chi connectivity index (χ0) is 16.7. The van der Waals surface area contributed by atoms with E-state index in [9.17, 15) is 9.59 Å². The molecule has 0 aromatic heterocycles. The summed E-state index contributed by atoms with van der Waals surface area (Å²) in [6.07, 6.45) is 0. The van der Waals surface area contributed by atoms with Crippen molar-refractivity contribution in [1.29, 1.82) is 0 Å². The molecule has 2 nitrogen and oxygen atoms in total. The quantitative estimate of drug-likeness (QED) is 0.503. The molecule has 0 spiro atoms. The summed E-state index contributed by atoms with van der Waals surface area (Å²) in [5, 5.41) is 0. The van der Waals surface area contributed by atoms with Crippen LogP contribution in [-0.2, 0) is 0 Å². The Morgan fingerprint density at radius 1 is 0.667 bits per heavy atom. The van der Waals surface area contributed by atoms with Gasteiger partial charge in [0, 0.05) is 0 Å². The number of carbonyl (C=O) groups is 2. The SMILES string of the molecule is Cc1ccc([Se]c2cccc3c2C(=O)c2ccccc2C3=O)cc1. The van der Waals surface area contributed by atoms with Crippen LogP contribution in [0.3, 0.4) is 0 Å². The van der Waals surface area contributed by atoms with E-state index in [0.717, 1.165) is 4.46 Å². The first-order valence-electron chi connectivity index (χ1n) is 7.71. The van der Waals surface area contributed by atoms with Gasteiger partial charge in [0.2, 0.25) is 0 Å². The van der Waals surface area contributed by atoms with E-state index in [-0.39, 0.29) is 26.5 Å². The minimum atomic E-state index is -0.0539. The molecule has 0 heterocycles. The van der Waals surface area contributed by atoms with Crippen LogP contribution < -0.4 is 8.92 Å². The first-order valence-corrected chi connectivity index (χ1v) is 9.42. The summed E-state index contributed by atoms with van der Waals surface area (Å²) < 4.78 is 2.16. The Morgan fingerprint density at radius 2 is 1.29 bits per heavy atom. The van der Waals surface area contributed by atoms with Crippen LogP contribution in [0.15, 0.2) is 66.7 Å². The normalized spacial score (nSPS) is 12.7. The summed E-state index contributed by atoms with van der Waals surface area (Å²) >= 11 is -0.0126. The third-order valence-electron chi connectivity index (χ3n) is 4.16. The molecule has 0 atom stereocenters. The number of benzene rings is 3. The van der Waals surface area contributed by atoms with E-state index >= 15 is 0 Å². The van der Waals surface area contributed by atoms with E-state index in [4.69, 9.17) is 0 Å². The number of fused-ring (bicyclic) bond motifs is 2. The standard InChI is InChI=1S/C21H14O2Se/c1-13-9-11-14(12-10-13)24-18-8-4-7-17-19(18)21(23)16-6-3-2-5-15(16)20(17)22/h2-12H,1H3. The molecule has 0 saturated carbocycles. The summed E-state index contributed by atoms with van der Waals surface area (Å²) in [7, 11) is 0. The van der Waals surface area contributed by atoms with Crippen molar-refractivity contribution in [1.82, 2.24) is 0 Å².